The Morgan fingerprint density at radius 1 is 1.12 bits per heavy atom. The lowest BCUT2D eigenvalue weighted by Gasteiger charge is -2.25. The molecule has 1 N–H and O–H groups in total. The largest absolute Gasteiger partial charge is 0.493 e. The highest BCUT2D eigenvalue weighted by Crippen LogP contribution is 2.41. The van der Waals surface area contributed by atoms with Gasteiger partial charge in [0.15, 0.2) is 16.9 Å². The Bertz CT molecular complexity index is 1260. The van der Waals surface area contributed by atoms with Crippen molar-refractivity contribution >= 4 is 16.9 Å². The summed E-state index contributed by atoms with van der Waals surface area (Å²) in [6, 6.07) is 10.2. The van der Waals surface area contributed by atoms with Gasteiger partial charge in [-0.3, -0.25) is 9.59 Å². The highest BCUT2D eigenvalue weighted by Gasteiger charge is 2.42. The zero-order valence-corrected chi connectivity index (χ0v) is 20.1. The molecule has 1 amide bonds. The van der Waals surface area contributed by atoms with E-state index in [9.17, 15) is 14.7 Å². The fraction of sp³-hybridized carbons (Fsp3) is 0.407. The van der Waals surface area contributed by atoms with Crippen molar-refractivity contribution in [1.29, 1.82) is 0 Å². The molecule has 1 aliphatic heterocycles. The SMILES string of the molecule is COc1cc([C@@H]2c3c(oc4ccc(C)cc4c3=O)C(=O)N2CCCO)ccc1OCCC(C)C. The third kappa shape index (κ3) is 4.40. The number of hydrogen-bond acceptors (Lipinski definition) is 6. The maximum atomic E-state index is 13.6. The van der Waals surface area contributed by atoms with Crippen molar-refractivity contribution in [2.75, 3.05) is 26.9 Å². The summed E-state index contributed by atoms with van der Waals surface area (Å²) in [5.74, 6) is 1.36. The molecule has 0 saturated carbocycles. The van der Waals surface area contributed by atoms with Crippen molar-refractivity contribution in [2.24, 2.45) is 5.92 Å². The normalized spacial score (nSPS) is 15.3. The van der Waals surface area contributed by atoms with Gasteiger partial charge in [-0.1, -0.05) is 31.5 Å². The highest BCUT2D eigenvalue weighted by molar-refractivity contribution is 5.99. The number of fused-ring (bicyclic) bond motifs is 2. The third-order valence-electron chi connectivity index (χ3n) is 6.13. The van der Waals surface area contributed by atoms with Crippen LogP contribution in [0.3, 0.4) is 0 Å². The van der Waals surface area contributed by atoms with Crippen LogP contribution in [0.2, 0.25) is 0 Å². The van der Waals surface area contributed by atoms with Gasteiger partial charge in [-0.15, -0.1) is 0 Å². The predicted molar refractivity (Wildman–Crippen MR) is 130 cm³/mol. The molecule has 0 radical (unpaired) electrons. The molecule has 1 atom stereocenters. The summed E-state index contributed by atoms with van der Waals surface area (Å²) in [4.78, 5) is 28.5. The summed E-state index contributed by atoms with van der Waals surface area (Å²) in [7, 11) is 1.57. The average molecular weight is 466 g/mol. The molecule has 0 bridgehead atoms. The molecule has 0 aliphatic carbocycles. The van der Waals surface area contributed by atoms with E-state index in [1.165, 1.54) is 0 Å². The fourth-order valence-electron chi connectivity index (χ4n) is 4.33. The maximum absolute atomic E-state index is 13.6. The molecule has 1 aliphatic rings. The fourth-order valence-corrected chi connectivity index (χ4v) is 4.33. The summed E-state index contributed by atoms with van der Waals surface area (Å²) >= 11 is 0. The van der Waals surface area contributed by atoms with Gasteiger partial charge in [-0.25, -0.2) is 0 Å². The number of aryl methyl sites for hydroxylation is 1. The van der Waals surface area contributed by atoms with Gasteiger partial charge in [0, 0.05) is 13.2 Å². The van der Waals surface area contributed by atoms with Crippen molar-refractivity contribution in [3.05, 3.63) is 69.1 Å². The first-order valence-corrected chi connectivity index (χ1v) is 11.7. The van der Waals surface area contributed by atoms with E-state index in [1.54, 1.807) is 24.1 Å². The number of methoxy groups -OCH3 is 1. The minimum atomic E-state index is -0.645. The first kappa shape index (κ1) is 23.8. The molecule has 180 valence electrons. The molecule has 0 unspecified atom stereocenters. The Labute approximate surface area is 198 Å². The highest BCUT2D eigenvalue weighted by atomic mass is 16.5. The van der Waals surface area contributed by atoms with E-state index in [0.717, 1.165) is 17.5 Å². The van der Waals surface area contributed by atoms with E-state index in [-0.39, 0.29) is 30.2 Å². The maximum Gasteiger partial charge on any atom is 0.290 e. The molecule has 2 heterocycles. The molecule has 0 saturated heterocycles. The van der Waals surface area contributed by atoms with Gasteiger partial charge in [0.2, 0.25) is 5.76 Å². The van der Waals surface area contributed by atoms with Crippen molar-refractivity contribution in [3.8, 4) is 11.5 Å². The first-order valence-electron chi connectivity index (χ1n) is 11.7. The number of benzene rings is 2. The standard InChI is InChI=1S/C27H31NO6/c1-16(2)10-13-33-21-9-7-18(15-22(21)32-4)24-23-25(30)19-14-17(3)6-8-20(19)34-26(23)27(31)28(24)11-5-12-29/h6-9,14-16,24,29H,5,10-13H2,1-4H3/t24-/m1/s1. The number of carbonyl (C=O) groups is 1. The van der Waals surface area contributed by atoms with Gasteiger partial charge < -0.3 is 23.9 Å². The molecule has 3 aromatic rings. The van der Waals surface area contributed by atoms with E-state index >= 15 is 0 Å². The summed E-state index contributed by atoms with van der Waals surface area (Å²) < 4.78 is 17.5. The van der Waals surface area contributed by atoms with Crippen LogP contribution in [-0.2, 0) is 0 Å². The van der Waals surface area contributed by atoms with E-state index in [1.807, 2.05) is 31.2 Å². The monoisotopic (exact) mass is 465 g/mol. The van der Waals surface area contributed by atoms with Crippen LogP contribution >= 0.6 is 0 Å². The molecular weight excluding hydrogens is 434 g/mol. The van der Waals surface area contributed by atoms with Gasteiger partial charge >= 0.3 is 0 Å². The molecule has 7 heteroatoms. The van der Waals surface area contributed by atoms with Crippen LogP contribution < -0.4 is 14.9 Å². The summed E-state index contributed by atoms with van der Waals surface area (Å²) in [5.41, 5.74) is 2.13. The number of amides is 1. The van der Waals surface area contributed by atoms with Crippen LogP contribution in [0.4, 0.5) is 0 Å². The molecule has 1 aromatic heterocycles. The minimum absolute atomic E-state index is 0.0560. The minimum Gasteiger partial charge on any atom is -0.493 e. The number of hydrogen-bond donors (Lipinski definition) is 1. The number of ether oxygens (including phenoxy) is 2. The van der Waals surface area contributed by atoms with Crippen LogP contribution in [0.1, 0.15) is 60.0 Å². The second-order valence-corrected chi connectivity index (χ2v) is 9.09. The lowest BCUT2D eigenvalue weighted by atomic mass is 9.97. The van der Waals surface area contributed by atoms with E-state index in [2.05, 4.69) is 13.8 Å². The molecule has 7 nitrogen and oxygen atoms in total. The quantitative estimate of drug-likeness (QED) is 0.502. The van der Waals surface area contributed by atoms with Gasteiger partial charge in [-0.05, 0) is 55.5 Å². The van der Waals surface area contributed by atoms with E-state index in [4.69, 9.17) is 13.9 Å². The molecule has 2 aromatic carbocycles. The second-order valence-electron chi connectivity index (χ2n) is 9.09. The van der Waals surface area contributed by atoms with Crippen LogP contribution in [0.15, 0.2) is 45.6 Å². The van der Waals surface area contributed by atoms with E-state index in [0.29, 0.717) is 47.0 Å². The third-order valence-corrected chi connectivity index (χ3v) is 6.13. The van der Waals surface area contributed by atoms with Gasteiger partial charge in [0.05, 0.1) is 30.7 Å². The topological polar surface area (TPSA) is 89.2 Å². The predicted octanol–water partition coefficient (Wildman–Crippen LogP) is 4.46. The Morgan fingerprint density at radius 3 is 2.62 bits per heavy atom. The summed E-state index contributed by atoms with van der Waals surface area (Å²) in [5, 5.41) is 9.85. The number of rotatable bonds is 9. The van der Waals surface area contributed by atoms with Gasteiger partial charge in [0.1, 0.15) is 5.58 Å². The van der Waals surface area contributed by atoms with Gasteiger partial charge in [-0.2, -0.15) is 0 Å². The Balaban J connectivity index is 1.82. The van der Waals surface area contributed by atoms with Crippen LogP contribution in [0.25, 0.3) is 11.0 Å². The Morgan fingerprint density at radius 2 is 1.91 bits per heavy atom. The molecule has 0 fully saturated rings. The second kappa shape index (κ2) is 9.89. The Kier molecular flexibility index (Phi) is 6.93. The molecule has 34 heavy (non-hydrogen) atoms. The molecular formula is C27H31NO6. The first-order chi connectivity index (χ1) is 16.3. The smallest absolute Gasteiger partial charge is 0.290 e. The summed E-state index contributed by atoms with van der Waals surface area (Å²) in [6.07, 6.45) is 1.30. The van der Waals surface area contributed by atoms with Crippen molar-refractivity contribution < 1.29 is 23.8 Å². The zero-order chi connectivity index (χ0) is 24.4. The van der Waals surface area contributed by atoms with Crippen LogP contribution in [-0.4, -0.2) is 42.8 Å². The van der Waals surface area contributed by atoms with E-state index < -0.39 is 6.04 Å². The number of aliphatic hydroxyl groups excluding tert-OH is 1. The lowest BCUT2D eigenvalue weighted by Crippen LogP contribution is -2.31. The Hall–Kier alpha value is -3.32. The van der Waals surface area contributed by atoms with Crippen molar-refractivity contribution in [3.63, 3.8) is 0 Å². The van der Waals surface area contributed by atoms with Crippen molar-refractivity contribution in [2.45, 2.75) is 39.7 Å². The van der Waals surface area contributed by atoms with Crippen LogP contribution in [0.5, 0.6) is 11.5 Å². The van der Waals surface area contributed by atoms with Crippen molar-refractivity contribution in [1.82, 2.24) is 4.90 Å². The lowest BCUT2D eigenvalue weighted by molar-refractivity contribution is 0.0716. The average Bonchev–Trinajstić information content (AvgIpc) is 3.10. The molecule has 0 spiro atoms. The zero-order valence-electron chi connectivity index (χ0n) is 20.1. The number of carbonyl (C=O) groups excluding carboxylic acids is 1. The summed E-state index contributed by atoms with van der Waals surface area (Å²) in [6.45, 7) is 6.96. The number of nitrogens with zero attached hydrogens (tertiary/aromatic N) is 1. The molecule has 4 rings (SSSR count). The number of aliphatic hydroxyl groups is 1. The van der Waals surface area contributed by atoms with Gasteiger partial charge in [0.25, 0.3) is 5.91 Å². The van der Waals surface area contributed by atoms with Crippen LogP contribution in [0, 0.1) is 12.8 Å².